The first-order valence-corrected chi connectivity index (χ1v) is 25.4. The molecule has 2 aromatic heterocycles. The van der Waals surface area contributed by atoms with Crippen LogP contribution in [0.15, 0.2) is 122 Å². The lowest BCUT2D eigenvalue weighted by molar-refractivity contribution is -0.121. The highest BCUT2D eigenvalue weighted by molar-refractivity contribution is 6.33. The number of nitrogens with one attached hydrogen (secondary N) is 2. The quantitative estimate of drug-likeness (QED) is 0.0737. The monoisotopic (exact) mass is 1000 g/mol. The van der Waals surface area contributed by atoms with Crippen LogP contribution in [-0.4, -0.2) is 76.2 Å². The van der Waals surface area contributed by atoms with Crippen molar-refractivity contribution in [3.63, 3.8) is 0 Å². The second kappa shape index (κ2) is 21.1. The molecule has 0 amide bonds. The van der Waals surface area contributed by atoms with Gasteiger partial charge in [-0.1, -0.05) is 73.4 Å². The van der Waals surface area contributed by atoms with Crippen LogP contribution >= 0.6 is 23.2 Å². The fourth-order valence-electron chi connectivity index (χ4n) is 10.3. The smallest absolute Gasteiger partial charge is 0.176 e. The van der Waals surface area contributed by atoms with E-state index in [9.17, 15) is 10.2 Å². The minimum Gasteiger partial charge on any atom is -0.503 e. The Morgan fingerprint density at radius 2 is 0.958 bits per heavy atom. The van der Waals surface area contributed by atoms with Crippen molar-refractivity contribution < 1.29 is 24.5 Å². The SMILES string of the molecule is COc1cc(-c2ccc3ncc(C(C)C(=O)C(C)c4cnc5ccc(-c6cc(Cl)c(O)c(OC)c6)cc5c4Nc4ccc(CN5CCCC5)cc4)c(Nc4ccc(CN5CCCC5)cc4)c3c2)cc(Cl)c1O. The predicted octanol–water partition coefficient (Wildman–Crippen LogP) is 14.0. The Hall–Kier alpha value is -6.89. The number of benzene rings is 6. The van der Waals surface area contributed by atoms with Gasteiger partial charge in [-0.3, -0.25) is 24.6 Å². The lowest BCUT2D eigenvalue weighted by Gasteiger charge is -2.24. The summed E-state index contributed by atoms with van der Waals surface area (Å²) in [6.45, 7) is 10.2. The van der Waals surface area contributed by atoms with Crippen molar-refractivity contribution in [1.29, 1.82) is 0 Å². The van der Waals surface area contributed by atoms with Crippen LogP contribution < -0.4 is 20.1 Å². The number of nitrogens with zero attached hydrogens (tertiary/aromatic N) is 4. The first-order chi connectivity index (χ1) is 34.9. The Kier molecular flexibility index (Phi) is 14.3. The zero-order chi connectivity index (χ0) is 50.0. The second-order valence-electron chi connectivity index (χ2n) is 19.1. The molecule has 0 spiro atoms. The number of Topliss-reactive ketones (excluding diaryl/α,β-unsaturated/α-hetero) is 1. The van der Waals surface area contributed by atoms with Gasteiger partial charge in [0.25, 0.3) is 0 Å². The van der Waals surface area contributed by atoms with Crippen LogP contribution in [0.1, 0.15) is 73.6 Å². The van der Waals surface area contributed by atoms with Gasteiger partial charge in [-0.05, 0) is 158 Å². The molecule has 2 aliphatic rings. The Balaban J connectivity index is 1.05. The van der Waals surface area contributed by atoms with Gasteiger partial charge in [-0.2, -0.15) is 0 Å². The Morgan fingerprint density at radius 3 is 1.33 bits per heavy atom. The number of carbonyl (C=O) groups excluding carboxylic acids is 1. The lowest BCUT2D eigenvalue weighted by Crippen LogP contribution is -2.19. The van der Waals surface area contributed by atoms with Crippen LogP contribution in [-0.2, 0) is 17.9 Å². The predicted molar refractivity (Wildman–Crippen MR) is 291 cm³/mol. The minimum absolute atomic E-state index is 0.0252. The van der Waals surface area contributed by atoms with E-state index in [1.165, 1.54) is 51.0 Å². The standard InChI is InChI=1S/C59H58Cl2N6O5/c1-35(47-31-62-51-19-13-39(41-27-49(60)58(69)53(29-41)71-3)25-45(51)55(47)64-43-15-9-37(10-16-43)33-66-21-5-6-22-66)57(68)36(2)48-32-63-52-20-14-40(42-28-50(61)59(70)54(30-42)72-4)26-46(52)56(48)65-44-17-11-38(12-18-44)34-67-23-7-8-24-67/h9-20,25-32,35-36,69-70H,5-8,21-24,33-34H2,1-4H3,(H,62,64)(H,63,65). The number of halogens is 2. The molecule has 368 valence electrons. The fraction of sp³-hybridized carbons (Fsp3) is 0.271. The van der Waals surface area contributed by atoms with Gasteiger partial charge in [-0.25, -0.2) is 0 Å². The molecule has 2 aliphatic heterocycles. The maximum Gasteiger partial charge on any atom is 0.176 e. The van der Waals surface area contributed by atoms with Gasteiger partial charge in [0.05, 0.1) is 46.7 Å². The number of methoxy groups -OCH3 is 2. The molecule has 4 N–H and O–H groups in total. The Labute approximate surface area is 430 Å². The molecule has 72 heavy (non-hydrogen) atoms. The van der Waals surface area contributed by atoms with E-state index in [0.29, 0.717) is 0 Å². The van der Waals surface area contributed by atoms with Crippen LogP contribution in [0, 0.1) is 0 Å². The van der Waals surface area contributed by atoms with Crippen LogP contribution in [0.2, 0.25) is 10.0 Å². The van der Waals surface area contributed by atoms with Crippen LogP contribution in [0.3, 0.4) is 0 Å². The highest BCUT2D eigenvalue weighted by Crippen LogP contribution is 2.44. The zero-order valence-electron chi connectivity index (χ0n) is 40.9. The van der Waals surface area contributed by atoms with E-state index < -0.39 is 11.8 Å². The molecule has 0 radical (unpaired) electrons. The molecule has 4 heterocycles. The molecule has 0 bridgehead atoms. The summed E-state index contributed by atoms with van der Waals surface area (Å²) >= 11 is 13.0. The first-order valence-electron chi connectivity index (χ1n) is 24.6. The molecular formula is C59H58Cl2N6O5. The number of hydrogen-bond donors (Lipinski definition) is 4. The van der Waals surface area contributed by atoms with Gasteiger partial charge in [0.1, 0.15) is 5.78 Å². The van der Waals surface area contributed by atoms with Crippen molar-refractivity contribution in [2.45, 2.75) is 64.5 Å². The third kappa shape index (κ3) is 10.1. The number of hydrogen-bond acceptors (Lipinski definition) is 11. The van der Waals surface area contributed by atoms with Crippen LogP contribution in [0.4, 0.5) is 22.7 Å². The molecule has 10 rings (SSSR count). The fourth-order valence-corrected chi connectivity index (χ4v) is 10.7. The lowest BCUT2D eigenvalue weighted by atomic mass is 9.84. The molecule has 0 aliphatic carbocycles. The molecule has 8 aromatic rings. The van der Waals surface area contributed by atoms with Gasteiger partial charge in [0, 0.05) is 70.6 Å². The summed E-state index contributed by atoms with van der Waals surface area (Å²) in [7, 11) is 2.99. The molecular weight excluding hydrogens is 944 g/mol. The highest BCUT2D eigenvalue weighted by Gasteiger charge is 2.29. The summed E-state index contributed by atoms with van der Waals surface area (Å²) in [6.07, 6.45) is 8.54. The number of rotatable bonds is 16. The van der Waals surface area contributed by atoms with Crippen molar-refractivity contribution >= 4 is 73.5 Å². The molecule has 0 saturated carbocycles. The number of pyridine rings is 2. The maximum atomic E-state index is 15.4. The Morgan fingerprint density at radius 1 is 0.569 bits per heavy atom. The van der Waals surface area contributed by atoms with Gasteiger partial charge in [0.2, 0.25) is 0 Å². The van der Waals surface area contributed by atoms with Gasteiger partial charge >= 0.3 is 0 Å². The topological polar surface area (TPSA) is 132 Å². The molecule has 2 fully saturated rings. The van der Waals surface area contributed by atoms with Crippen molar-refractivity contribution in [2.24, 2.45) is 0 Å². The second-order valence-corrected chi connectivity index (χ2v) is 19.9. The highest BCUT2D eigenvalue weighted by atomic mass is 35.5. The van der Waals surface area contributed by atoms with E-state index in [2.05, 4.69) is 69.0 Å². The van der Waals surface area contributed by atoms with E-state index in [1.807, 2.05) is 62.6 Å². The molecule has 2 atom stereocenters. The summed E-state index contributed by atoms with van der Waals surface area (Å²) in [6, 6.07) is 35.9. The summed E-state index contributed by atoms with van der Waals surface area (Å²) in [5, 5.41) is 30.6. The van der Waals surface area contributed by atoms with E-state index in [4.69, 9.17) is 42.6 Å². The minimum atomic E-state index is -0.632. The molecule has 6 aromatic carbocycles. The van der Waals surface area contributed by atoms with E-state index in [1.54, 1.807) is 24.3 Å². The van der Waals surface area contributed by atoms with Crippen molar-refractivity contribution in [1.82, 2.24) is 19.8 Å². The number of phenolic OH excluding ortho intramolecular Hbond substituents is 2. The first kappa shape index (κ1) is 48.7. The summed E-state index contributed by atoms with van der Waals surface area (Å²) < 4.78 is 10.9. The van der Waals surface area contributed by atoms with E-state index in [0.717, 1.165) is 117 Å². The van der Waals surface area contributed by atoms with Crippen LogP contribution in [0.25, 0.3) is 44.1 Å². The number of fused-ring (bicyclic) bond motifs is 2. The summed E-state index contributed by atoms with van der Waals surface area (Å²) in [5.41, 5.74) is 11.8. The summed E-state index contributed by atoms with van der Waals surface area (Å²) in [5.74, 6) is -1.02. The Bertz CT molecular complexity index is 3080. The van der Waals surface area contributed by atoms with Gasteiger partial charge in [0.15, 0.2) is 23.0 Å². The summed E-state index contributed by atoms with van der Waals surface area (Å²) in [4.78, 5) is 30.3. The number of aromatic nitrogens is 2. The van der Waals surface area contributed by atoms with Crippen LogP contribution in [0.5, 0.6) is 23.0 Å². The normalized spacial score (nSPS) is 15.0. The average molecular weight is 1000 g/mol. The molecule has 2 saturated heterocycles. The molecule has 13 heteroatoms. The van der Waals surface area contributed by atoms with Crippen molar-refractivity contribution in [3.05, 3.63) is 154 Å². The number of ether oxygens (including phenoxy) is 2. The number of phenols is 2. The molecule has 2 unspecified atom stereocenters. The average Bonchev–Trinajstić information content (AvgIpc) is 4.13. The third-order valence-electron chi connectivity index (χ3n) is 14.4. The van der Waals surface area contributed by atoms with E-state index in [-0.39, 0.29) is 38.8 Å². The number of carbonyl (C=O) groups is 1. The zero-order valence-corrected chi connectivity index (χ0v) is 42.4. The third-order valence-corrected chi connectivity index (χ3v) is 15.0. The number of anilines is 4. The van der Waals surface area contributed by atoms with Crippen molar-refractivity contribution in [3.8, 4) is 45.3 Å². The molecule has 11 nitrogen and oxygen atoms in total. The van der Waals surface area contributed by atoms with E-state index >= 15 is 4.79 Å². The van der Waals surface area contributed by atoms with Crippen molar-refractivity contribution in [2.75, 3.05) is 51.0 Å². The van der Waals surface area contributed by atoms with Gasteiger partial charge < -0.3 is 30.3 Å². The van der Waals surface area contributed by atoms with Gasteiger partial charge in [-0.15, -0.1) is 0 Å². The number of ketones is 1. The number of aromatic hydroxyl groups is 2. The largest absolute Gasteiger partial charge is 0.503 e. The maximum absolute atomic E-state index is 15.4. The number of likely N-dealkylation sites (tertiary alicyclic amines) is 2.